The lowest BCUT2D eigenvalue weighted by atomic mass is 10.0. The highest BCUT2D eigenvalue weighted by molar-refractivity contribution is 6.33. The van der Waals surface area contributed by atoms with Crippen molar-refractivity contribution in [3.05, 3.63) is 63.4 Å². The first-order valence-corrected chi connectivity index (χ1v) is 12.3. The van der Waals surface area contributed by atoms with E-state index < -0.39 is 17.8 Å². The minimum atomic E-state index is -1.08. The van der Waals surface area contributed by atoms with E-state index in [0.717, 1.165) is 43.6 Å². The zero-order valence-electron chi connectivity index (χ0n) is 20.5. The number of carboxylic acid groups (broad SMARTS) is 2. The summed E-state index contributed by atoms with van der Waals surface area (Å²) in [5.41, 5.74) is 4.27. The van der Waals surface area contributed by atoms with Gasteiger partial charge in [-0.15, -0.1) is 0 Å². The van der Waals surface area contributed by atoms with Gasteiger partial charge in [0.25, 0.3) is 5.91 Å². The molecule has 196 valence electrons. The Labute approximate surface area is 215 Å². The van der Waals surface area contributed by atoms with Gasteiger partial charge in [-0.3, -0.25) is 14.4 Å². The van der Waals surface area contributed by atoms with Crippen molar-refractivity contribution in [1.29, 1.82) is 0 Å². The lowest BCUT2D eigenvalue weighted by Crippen LogP contribution is -2.32. The van der Waals surface area contributed by atoms with Crippen LogP contribution >= 0.6 is 11.6 Å². The van der Waals surface area contributed by atoms with Crippen molar-refractivity contribution in [2.45, 2.75) is 58.5 Å². The second-order valence-electron chi connectivity index (χ2n) is 8.55. The van der Waals surface area contributed by atoms with Gasteiger partial charge in [0.05, 0.1) is 29.1 Å². The molecule has 1 aliphatic rings. The summed E-state index contributed by atoms with van der Waals surface area (Å²) in [5, 5.41) is 26.0. The minimum absolute atomic E-state index is 0.0122. The van der Waals surface area contributed by atoms with Crippen LogP contribution in [0.5, 0.6) is 0 Å². The minimum Gasteiger partial charge on any atom is -0.481 e. The third-order valence-corrected chi connectivity index (χ3v) is 6.09. The monoisotopic (exact) mass is 521 g/mol. The van der Waals surface area contributed by atoms with Crippen LogP contribution in [0.3, 0.4) is 0 Å². The number of halogens is 2. The van der Waals surface area contributed by atoms with Gasteiger partial charge in [0.2, 0.25) is 0 Å². The Morgan fingerprint density at radius 1 is 1.08 bits per heavy atom. The van der Waals surface area contributed by atoms with Gasteiger partial charge in [-0.1, -0.05) is 30.7 Å². The Kier molecular flexibility index (Phi) is 11.6. The second-order valence-corrected chi connectivity index (χ2v) is 8.96. The van der Waals surface area contributed by atoms with E-state index in [1.807, 2.05) is 19.9 Å². The molecule has 1 heterocycles. The number of amides is 1. The van der Waals surface area contributed by atoms with E-state index in [-0.39, 0.29) is 30.4 Å². The molecule has 2 aromatic rings. The van der Waals surface area contributed by atoms with Crippen molar-refractivity contribution in [2.75, 3.05) is 18.4 Å². The van der Waals surface area contributed by atoms with Crippen LogP contribution < -0.4 is 16.0 Å². The van der Waals surface area contributed by atoms with Crippen LogP contribution in [0, 0.1) is 5.82 Å². The van der Waals surface area contributed by atoms with Gasteiger partial charge in [-0.25, -0.2) is 4.39 Å². The van der Waals surface area contributed by atoms with Crippen molar-refractivity contribution < 1.29 is 29.0 Å². The summed E-state index contributed by atoms with van der Waals surface area (Å²) in [6.45, 7) is 6.18. The maximum absolute atomic E-state index is 14.5. The molecule has 8 nitrogen and oxygen atoms in total. The second kappa shape index (κ2) is 14.4. The van der Waals surface area contributed by atoms with Gasteiger partial charge in [-0.05, 0) is 74.2 Å². The van der Waals surface area contributed by atoms with Crippen molar-refractivity contribution in [2.24, 2.45) is 0 Å². The number of benzene rings is 2. The average Bonchev–Trinajstić information content (AvgIpc) is 3.08. The topological polar surface area (TPSA) is 128 Å². The molecule has 0 saturated carbocycles. The highest BCUT2D eigenvalue weighted by Crippen LogP contribution is 2.31. The SMILES string of the molecule is CCC(C)NC(=O)c1ccc(CNc2c(Cl)ccc3c2CCNCC3)cc1F.O=C(O)CCC(=O)O. The van der Waals surface area contributed by atoms with Gasteiger partial charge in [0.15, 0.2) is 0 Å². The molecule has 2 aromatic carbocycles. The number of hydrogen-bond acceptors (Lipinski definition) is 5. The zero-order chi connectivity index (χ0) is 26.7. The highest BCUT2D eigenvalue weighted by atomic mass is 35.5. The van der Waals surface area contributed by atoms with Crippen molar-refractivity contribution in [1.82, 2.24) is 10.6 Å². The smallest absolute Gasteiger partial charge is 0.303 e. The van der Waals surface area contributed by atoms with E-state index in [2.05, 4.69) is 22.0 Å². The predicted octanol–water partition coefficient (Wildman–Crippen LogP) is 4.24. The summed E-state index contributed by atoms with van der Waals surface area (Å²) in [5.74, 6) is -3.04. The summed E-state index contributed by atoms with van der Waals surface area (Å²) in [4.78, 5) is 31.5. The summed E-state index contributed by atoms with van der Waals surface area (Å²) >= 11 is 6.43. The molecule has 36 heavy (non-hydrogen) atoms. The normalized spacial score (nSPS) is 13.3. The number of carboxylic acids is 2. The summed E-state index contributed by atoms with van der Waals surface area (Å²) < 4.78 is 14.5. The molecule has 1 unspecified atom stereocenters. The summed E-state index contributed by atoms with van der Waals surface area (Å²) in [6.07, 6.45) is 2.08. The molecular formula is C26H33ClFN3O5. The Morgan fingerprint density at radius 2 is 1.75 bits per heavy atom. The highest BCUT2D eigenvalue weighted by Gasteiger charge is 2.16. The fraction of sp³-hybridized carbons (Fsp3) is 0.423. The molecule has 5 N–H and O–H groups in total. The molecule has 0 bridgehead atoms. The number of rotatable bonds is 9. The lowest BCUT2D eigenvalue weighted by Gasteiger charge is -2.17. The van der Waals surface area contributed by atoms with E-state index in [1.165, 1.54) is 17.2 Å². The van der Waals surface area contributed by atoms with E-state index in [4.69, 9.17) is 21.8 Å². The lowest BCUT2D eigenvalue weighted by molar-refractivity contribution is -0.143. The summed E-state index contributed by atoms with van der Waals surface area (Å²) in [6, 6.07) is 8.74. The van der Waals surface area contributed by atoms with E-state index >= 15 is 0 Å². The molecule has 0 radical (unpaired) electrons. The van der Waals surface area contributed by atoms with Crippen molar-refractivity contribution in [3.63, 3.8) is 0 Å². The van der Waals surface area contributed by atoms with Gasteiger partial charge >= 0.3 is 11.9 Å². The van der Waals surface area contributed by atoms with Crippen LogP contribution in [0.4, 0.5) is 10.1 Å². The number of nitrogens with one attached hydrogen (secondary N) is 3. The van der Waals surface area contributed by atoms with E-state index in [0.29, 0.717) is 11.6 Å². The third kappa shape index (κ3) is 9.13. The molecule has 10 heteroatoms. The Bertz CT molecular complexity index is 1070. The predicted molar refractivity (Wildman–Crippen MR) is 137 cm³/mol. The number of carbonyl (C=O) groups excluding carboxylic acids is 1. The number of aliphatic carboxylic acids is 2. The molecule has 0 spiro atoms. The van der Waals surface area contributed by atoms with Gasteiger partial charge < -0.3 is 26.2 Å². The number of anilines is 1. The maximum Gasteiger partial charge on any atom is 0.303 e. The zero-order valence-corrected chi connectivity index (χ0v) is 21.3. The fourth-order valence-electron chi connectivity index (χ4n) is 3.60. The Balaban J connectivity index is 0.000000493. The molecular weight excluding hydrogens is 489 g/mol. The molecule has 3 rings (SSSR count). The van der Waals surface area contributed by atoms with Gasteiger partial charge in [0, 0.05) is 12.6 Å². The number of carbonyl (C=O) groups is 3. The first kappa shape index (κ1) is 29.1. The van der Waals surface area contributed by atoms with Crippen LogP contribution in [0.1, 0.15) is 60.2 Å². The molecule has 1 amide bonds. The van der Waals surface area contributed by atoms with E-state index in [1.54, 1.807) is 12.1 Å². The molecule has 1 aliphatic heterocycles. The Hall–Kier alpha value is -3.17. The third-order valence-electron chi connectivity index (χ3n) is 5.77. The Morgan fingerprint density at radius 3 is 2.36 bits per heavy atom. The molecule has 0 aliphatic carbocycles. The molecule has 1 atom stereocenters. The first-order chi connectivity index (χ1) is 17.1. The van der Waals surface area contributed by atoms with Crippen LogP contribution in [-0.4, -0.2) is 47.2 Å². The van der Waals surface area contributed by atoms with Crippen molar-refractivity contribution >= 4 is 35.1 Å². The number of fused-ring (bicyclic) bond motifs is 1. The number of hydrogen-bond donors (Lipinski definition) is 5. The largest absolute Gasteiger partial charge is 0.481 e. The van der Waals surface area contributed by atoms with Crippen LogP contribution in [0.2, 0.25) is 5.02 Å². The molecule has 0 saturated heterocycles. The maximum atomic E-state index is 14.5. The standard InChI is InChI=1S/C22H27ClFN3O.C4H6O4/c1-3-14(2)27-22(28)18-6-4-15(12-20(18)24)13-26-21-17-9-11-25-10-8-16(17)5-7-19(21)23;5-3(6)1-2-4(7)8/h4-7,12,14,25-26H,3,8-11,13H2,1-2H3,(H,27,28);1-2H2,(H,5,6)(H,7,8). The van der Waals surface area contributed by atoms with Crippen molar-refractivity contribution in [3.8, 4) is 0 Å². The van der Waals surface area contributed by atoms with Crippen LogP contribution in [-0.2, 0) is 29.0 Å². The van der Waals surface area contributed by atoms with Crippen LogP contribution in [0.25, 0.3) is 0 Å². The fourth-order valence-corrected chi connectivity index (χ4v) is 3.84. The van der Waals surface area contributed by atoms with E-state index in [9.17, 15) is 18.8 Å². The summed E-state index contributed by atoms with van der Waals surface area (Å²) in [7, 11) is 0. The quantitative estimate of drug-likeness (QED) is 0.334. The average molecular weight is 522 g/mol. The molecule has 0 fully saturated rings. The van der Waals surface area contributed by atoms with Gasteiger partial charge in [0.1, 0.15) is 5.82 Å². The molecule has 0 aromatic heterocycles. The van der Waals surface area contributed by atoms with Gasteiger partial charge in [-0.2, -0.15) is 0 Å². The van der Waals surface area contributed by atoms with Crippen LogP contribution in [0.15, 0.2) is 30.3 Å². The first-order valence-electron chi connectivity index (χ1n) is 11.9.